The van der Waals surface area contributed by atoms with E-state index in [0.29, 0.717) is 18.7 Å². The summed E-state index contributed by atoms with van der Waals surface area (Å²) in [6.07, 6.45) is 3.58. The van der Waals surface area contributed by atoms with Crippen LogP contribution >= 0.6 is 0 Å². The maximum absolute atomic E-state index is 11.6. The van der Waals surface area contributed by atoms with E-state index in [1.807, 2.05) is 24.4 Å². The first-order valence-electron chi connectivity index (χ1n) is 6.75. The third-order valence-corrected chi connectivity index (χ3v) is 3.52. The third kappa shape index (κ3) is 2.87. The van der Waals surface area contributed by atoms with Crippen LogP contribution in [-0.4, -0.2) is 24.7 Å². The molecule has 0 spiro atoms. The summed E-state index contributed by atoms with van der Waals surface area (Å²) in [4.78, 5) is 15.7. The predicted octanol–water partition coefficient (Wildman–Crippen LogP) is 2.09. The SMILES string of the molecule is COC(=O)c1ccc2c(c1)OCC(c1cccnc1)NC2. The second-order valence-corrected chi connectivity index (χ2v) is 4.84. The summed E-state index contributed by atoms with van der Waals surface area (Å²) in [6, 6.07) is 9.37. The van der Waals surface area contributed by atoms with Gasteiger partial charge >= 0.3 is 5.97 Å². The molecule has 1 unspecified atom stereocenters. The Morgan fingerprint density at radius 2 is 2.33 bits per heavy atom. The summed E-state index contributed by atoms with van der Waals surface area (Å²) in [6.45, 7) is 1.17. The number of methoxy groups -OCH3 is 1. The number of esters is 1. The molecule has 0 saturated heterocycles. The molecule has 0 saturated carbocycles. The van der Waals surface area contributed by atoms with Crippen LogP contribution in [0.1, 0.15) is 27.5 Å². The molecule has 1 atom stereocenters. The van der Waals surface area contributed by atoms with Gasteiger partial charge in [-0.05, 0) is 23.8 Å². The van der Waals surface area contributed by atoms with E-state index in [1.54, 1.807) is 18.3 Å². The van der Waals surface area contributed by atoms with E-state index >= 15 is 0 Å². The largest absolute Gasteiger partial charge is 0.491 e. The average Bonchev–Trinajstić information content (AvgIpc) is 2.77. The minimum atomic E-state index is -0.359. The monoisotopic (exact) mass is 284 g/mol. The molecular formula is C16H16N2O3. The summed E-state index contributed by atoms with van der Waals surface area (Å²) < 4.78 is 10.6. The number of pyridine rings is 1. The van der Waals surface area contributed by atoms with Gasteiger partial charge in [0.15, 0.2) is 0 Å². The second-order valence-electron chi connectivity index (χ2n) is 4.84. The highest BCUT2D eigenvalue weighted by Crippen LogP contribution is 2.26. The number of carbonyl (C=O) groups is 1. The fourth-order valence-electron chi connectivity index (χ4n) is 2.34. The van der Waals surface area contributed by atoms with Crippen molar-refractivity contribution < 1.29 is 14.3 Å². The van der Waals surface area contributed by atoms with Crippen molar-refractivity contribution in [2.24, 2.45) is 0 Å². The van der Waals surface area contributed by atoms with Crippen molar-refractivity contribution >= 4 is 5.97 Å². The summed E-state index contributed by atoms with van der Waals surface area (Å²) in [5.74, 6) is 0.360. The van der Waals surface area contributed by atoms with Crippen LogP contribution in [-0.2, 0) is 11.3 Å². The van der Waals surface area contributed by atoms with Crippen LogP contribution in [0.5, 0.6) is 5.75 Å². The zero-order chi connectivity index (χ0) is 14.7. The van der Waals surface area contributed by atoms with Gasteiger partial charge in [-0.1, -0.05) is 12.1 Å². The Morgan fingerprint density at radius 3 is 3.10 bits per heavy atom. The Bertz CT molecular complexity index is 643. The highest BCUT2D eigenvalue weighted by Gasteiger charge is 2.19. The van der Waals surface area contributed by atoms with Crippen molar-refractivity contribution in [3.05, 3.63) is 59.4 Å². The van der Waals surface area contributed by atoms with E-state index in [9.17, 15) is 4.79 Å². The van der Waals surface area contributed by atoms with Gasteiger partial charge in [0.05, 0.1) is 18.7 Å². The van der Waals surface area contributed by atoms with E-state index < -0.39 is 0 Å². The van der Waals surface area contributed by atoms with Gasteiger partial charge in [-0.2, -0.15) is 0 Å². The molecule has 5 heteroatoms. The Kier molecular flexibility index (Phi) is 3.83. The van der Waals surface area contributed by atoms with Gasteiger partial charge in [0, 0.05) is 24.5 Å². The molecule has 3 rings (SSSR count). The molecule has 0 amide bonds. The summed E-state index contributed by atoms with van der Waals surface area (Å²) in [5, 5.41) is 3.44. The summed E-state index contributed by atoms with van der Waals surface area (Å²) in [7, 11) is 1.37. The number of carbonyl (C=O) groups excluding carboxylic acids is 1. The van der Waals surface area contributed by atoms with Crippen molar-refractivity contribution in [2.75, 3.05) is 13.7 Å². The van der Waals surface area contributed by atoms with Gasteiger partial charge in [-0.25, -0.2) is 4.79 Å². The number of nitrogens with zero attached hydrogens (tertiary/aromatic N) is 1. The highest BCUT2D eigenvalue weighted by molar-refractivity contribution is 5.89. The molecule has 0 radical (unpaired) electrons. The van der Waals surface area contributed by atoms with Gasteiger partial charge in [0.1, 0.15) is 12.4 Å². The molecule has 108 valence electrons. The second kappa shape index (κ2) is 5.93. The molecule has 0 fully saturated rings. The van der Waals surface area contributed by atoms with Crippen LogP contribution in [0.3, 0.4) is 0 Å². The van der Waals surface area contributed by atoms with Crippen LogP contribution in [0.4, 0.5) is 0 Å². The predicted molar refractivity (Wildman–Crippen MR) is 77.1 cm³/mol. The lowest BCUT2D eigenvalue weighted by atomic mass is 10.1. The standard InChI is InChI=1S/C16H16N2O3/c1-20-16(19)11-4-5-13-9-18-14(10-21-15(13)7-11)12-3-2-6-17-8-12/h2-8,14,18H,9-10H2,1H3. The molecule has 1 aromatic heterocycles. The Hall–Kier alpha value is -2.40. The van der Waals surface area contributed by atoms with Gasteiger partial charge in [0.25, 0.3) is 0 Å². The Morgan fingerprint density at radius 1 is 1.43 bits per heavy atom. The minimum absolute atomic E-state index is 0.0766. The molecule has 1 aliphatic rings. The van der Waals surface area contributed by atoms with Gasteiger partial charge in [-0.3, -0.25) is 4.98 Å². The topological polar surface area (TPSA) is 60.5 Å². The first kappa shape index (κ1) is 13.6. The van der Waals surface area contributed by atoms with Crippen LogP contribution in [0.2, 0.25) is 0 Å². The van der Waals surface area contributed by atoms with Crippen LogP contribution in [0.15, 0.2) is 42.7 Å². The first-order valence-corrected chi connectivity index (χ1v) is 6.75. The van der Waals surface area contributed by atoms with Gasteiger partial charge < -0.3 is 14.8 Å². The van der Waals surface area contributed by atoms with Crippen molar-refractivity contribution in [2.45, 2.75) is 12.6 Å². The zero-order valence-corrected chi connectivity index (χ0v) is 11.7. The van der Waals surface area contributed by atoms with Gasteiger partial charge in [0.2, 0.25) is 0 Å². The fraction of sp³-hybridized carbons (Fsp3) is 0.250. The molecule has 1 N–H and O–H groups in total. The maximum Gasteiger partial charge on any atom is 0.337 e. The Labute approximate surface area is 122 Å². The lowest BCUT2D eigenvalue weighted by molar-refractivity contribution is 0.0600. The smallest absolute Gasteiger partial charge is 0.337 e. The lowest BCUT2D eigenvalue weighted by Gasteiger charge is -2.15. The van der Waals surface area contributed by atoms with Crippen LogP contribution in [0.25, 0.3) is 0 Å². The van der Waals surface area contributed by atoms with Crippen molar-refractivity contribution in [1.29, 1.82) is 0 Å². The maximum atomic E-state index is 11.6. The minimum Gasteiger partial charge on any atom is -0.491 e. The average molecular weight is 284 g/mol. The lowest BCUT2D eigenvalue weighted by Crippen LogP contribution is -2.23. The number of hydrogen-bond donors (Lipinski definition) is 1. The molecule has 0 bridgehead atoms. The van der Waals surface area contributed by atoms with E-state index in [2.05, 4.69) is 10.3 Å². The zero-order valence-electron chi connectivity index (χ0n) is 11.7. The normalized spacial score (nSPS) is 17.3. The number of nitrogens with one attached hydrogen (secondary N) is 1. The molecule has 21 heavy (non-hydrogen) atoms. The highest BCUT2D eigenvalue weighted by atomic mass is 16.5. The number of ether oxygens (including phenoxy) is 2. The fourth-order valence-corrected chi connectivity index (χ4v) is 2.34. The summed E-state index contributed by atoms with van der Waals surface area (Å²) in [5.41, 5.74) is 2.60. The molecule has 1 aromatic carbocycles. The number of fused-ring (bicyclic) bond motifs is 1. The molecule has 0 aliphatic carbocycles. The molecular weight excluding hydrogens is 268 g/mol. The number of rotatable bonds is 2. The number of hydrogen-bond acceptors (Lipinski definition) is 5. The first-order chi connectivity index (χ1) is 10.3. The van der Waals surface area contributed by atoms with Crippen LogP contribution < -0.4 is 10.1 Å². The van der Waals surface area contributed by atoms with E-state index in [4.69, 9.17) is 9.47 Å². The Balaban J connectivity index is 1.81. The third-order valence-electron chi connectivity index (χ3n) is 3.52. The van der Waals surface area contributed by atoms with Crippen molar-refractivity contribution in [3.8, 4) is 5.75 Å². The summed E-state index contributed by atoms with van der Waals surface area (Å²) >= 11 is 0. The van der Waals surface area contributed by atoms with E-state index in [1.165, 1.54) is 7.11 Å². The van der Waals surface area contributed by atoms with Crippen LogP contribution in [0, 0.1) is 0 Å². The van der Waals surface area contributed by atoms with E-state index in [0.717, 1.165) is 16.9 Å². The van der Waals surface area contributed by atoms with Gasteiger partial charge in [-0.15, -0.1) is 0 Å². The molecule has 5 nitrogen and oxygen atoms in total. The quantitative estimate of drug-likeness (QED) is 0.856. The van der Waals surface area contributed by atoms with Crippen molar-refractivity contribution in [3.63, 3.8) is 0 Å². The molecule has 1 aliphatic heterocycles. The van der Waals surface area contributed by atoms with E-state index in [-0.39, 0.29) is 12.0 Å². The van der Waals surface area contributed by atoms with Crippen molar-refractivity contribution in [1.82, 2.24) is 10.3 Å². The number of benzene rings is 1. The molecule has 2 heterocycles. The molecule has 2 aromatic rings. The number of aromatic nitrogens is 1.